The Kier molecular flexibility index (Phi) is 4.83. The zero-order chi connectivity index (χ0) is 14.7. The lowest BCUT2D eigenvalue weighted by Crippen LogP contribution is -2.11. The van der Waals surface area contributed by atoms with Gasteiger partial charge in [-0.3, -0.25) is 0 Å². The van der Waals surface area contributed by atoms with E-state index in [2.05, 4.69) is 45.4 Å². The second-order valence-corrected chi connectivity index (χ2v) is 5.85. The molecule has 5 heteroatoms. The van der Waals surface area contributed by atoms with Crippen molar-refractivity contribution in [2.45, 2.75) is 33.9 Å². The van der Waals surface area contributed by atoms with Gasteiger partial charge in [-0.2, -0.15) is 5.10 Å². The van der Waals surface area contributed by atoms with Crippen LogP contribution in [0.2, 0.25) is 0 Å². The van der Waals surface area contributed by atoms with Crippen molar-refractivity contribution >= 4 is 21.7 Å². The summed E-state index contributed by atoms with van der Waals surface area (Å²) in [5.74, 6) is 0.985. The highest BCUT2D eigenvalue weighted by molar-refractivity contribution is 9.10. The number of nitrogens with zero attached hydrogens (tertiary/aromatic N) is 2. The first-order valence-electron chi connectivity index (χ1n) is 6.66. The van der Waals surface area contributed by atoms with E-state index in [0.717, 1.165) is 28.1 Å². The van der Waals surface area contributed by atoms with Crippen molar-refractivity contribution in [1.29, 1.82) is 0 Å². The van der Waals surface area contributed by atoms with Gasteiger partial charge in [0, 0.05) is 16.6 Å². The number of benzene rings is 1. The highest BCUT2D eigenvalue weighted by atomic mass is 79.9. The van der Waals surface area contributed by atoms with E-state index in [-0.39, 0.29) is 6.61 Å². The summed E-state index contributed by atoms with van der Waals surface area (Å²) in [6, 6.07) is 6.27. The number of anilines is 1. The quantitative estimate of drug-likeness (QED) is 0.880. The molecule has 0 aliphatic carbocycles. The zero-order valence-electron chi connectivity index (χ0n) is 12.1. The number of nitrogens with one attached hydrogen (secondary N) is 1. The highest BCUT2D eigenvalue weighted by Gasteiger charge is 2.11. The van der Waals surface area contributed by atoms with E-state index >= 15 is 0 Å². The largest absolute Gasteiger partial charge is 0.394 e. The van der Waals surface area contributed by atoms with Gasteiger partial charge in [0.1, 0.15) is 5.82 Å². The molecule has 0 saturated carbocycles. The molecule has 2 N–H and O–H groups in total. The third kappa shape index (κ3) is 3.22. The molecule has 1 aromatic carbocycles. The van der Waals surface area contributed by atoms with Gasteiger partial charge in [0.05, 0.1) is 18.8 Å². The fourth-order valence-electron chi connectivity index (χ4n) is 2.19. The van der Waals surface area contributed by atoms with Crippen molar-refractivity contribution < 1.29 is 5.11 Å². The first-order valence-corrected chi connectivity index (χ1v) is 7.46. The molecule has 0 radical (unpaired) electrons. The summed E-state index contributed by atoms with van der Waals surface area (Å²) in [7, 11) is 0. The van der Waals surface area contributed by atoms with E-state index in [1.165, 1.54) is 11.1 Å². The molecule has 0 bridgehead atoms. The molecule has 2 aromatic rings. The molecule has 0 saturated heterocycles. The minimum atomic E-state index is 0.0898. The van der Waals surface area contributed by atoms with Crippen molar-refractivity contribution in [2.24, 2.45) is 0 Å². The fourth-order valence-corrected chi connectivity index (χ4v) is 2.66. The standard InChI is InChI=1S/C15H20BrN3O/c1-10-8-14(16)5-4-13(10)9-17-15-11(2)12(3)18-19(15)6-7-20/h4-5,8,17,20H,6-7,9H2,1-3H3. The second kappa shape index (κ2) is 6.41. The van der Waals surface area contributed by atoms with Crippen molar-refractivity contribution in [2.75, 3.05) is 11.9 Å². The molecule has 0 fully saturated rings. The number of aromatic nitrogens is 2. The van der Waals surface area contributed by atoms with Gasteiger partial charge in [-0.1, -0.05) is 22.0 Å². The maximum atomic E-state index is 9.11. The molecule has 0 atom stereocenters. The van der Waals surface area contributed by atoms with Gasteiger partial charge < -0.3 is 10.4 Å². The van der Waals surface area contributed by atoms with Gasteiger partial charge in [-0.15, -0.1) is 0 Å². The lowest BCUT2D eigenvalue weighted by Gasteiger charge is -2.12. The smallest absolute Gasteiger partial charge is 0.127 e. The Morgan fingerprint density at radius 1 is 1.30 bits per heavy atom. The van der Waals surface area contributed by atoms with Crippen LogP contribution in [0, 0.1) is 20.8 Å². The number of hydrogen-bond acceptors (Lipinski definition) is 3. The molecule has 0 aliphatic rings. The van der Waals surface area contributed by atoms with E-state index < -0.39 is 0 Å². The Balaban J connectivity index is 2.18. The maximum absolute atomic E-state index is 9.11. The predicted octanol–water partition coefficient (Wildman–Crippen LogP) is 3.18. The molecule has 0 spiro atoms. The molecule has 0 unspecified atom stereocenters. The molecule has 4 nitrogen and oxygen atoms in total. The SMILES string of the molecule is Cc1cc(Br)ccc1CNc1c(C)c(C)nn1CCO. The number of hydrogen-bond donors (Lipinski definition) is 2. The molecule has 20 heavy (non-hydrogen) atoms. The van der Waals surface area contributed by atoms with Crippen LogP contribution >= 0.6 is 15.9 Å². The van der Waals surface area contributed by atoms with Crippen LogP contribution in [0.4, 0.5) is 5.82 Å². The monoisotopic (exact) mass is 337 g/mol. The molecular weight excluding hydrogens is 318 g/mol. The third-order valence-electron chi connectivity index (χ3n) is 3.49. The average molecular weight is 338 g/mol. The van der Waals surface area contributed by atoms with Gasteiger partial charge in [0.2, 0.25) is 0 Å². The summed E-state index contributed by atoms with van der Waals surface area (Å²) in [5, 5.41) is 17.0. The lowest BCUT2D eigenvalue weighted by molar-refractivity contribution is 0.270. The van der Waals surface area contributed by atoms with Crippen LogP contribution in [0.5, 0.6) is 0 Å². The van der Waals surface area contributed by atoms with Crippen molar-refractivity contribution in [3.05, 3.63) is 45.1 Å². The topological polar surface area (TPSA) is 50.1 Å². The van der Waals surface area contributed by atoms with Crippen LogP contribution in [0.1, 0.15) is 22.4 Å². The Morgan fingerprint density at radius 2 is 2.05 bits per heavy atom. The molecule has 108 valence electrons. The van der Waals surface area contributed by atoms with Crippen LogP contribution < -0.4 is 5.32 Å². The van der Waals surface area contributed by atoms with Crippen LogP contribution in [0.15, 0.2) is 22.7 Å². The van der Waals surface area contributed by atoms with Crippen molar-refractivity contribution in [1.82, 2.24) is 9.78 Å². The highest BCUT2D eigenvalue weighted by Crippen LogP contribution is 2.21. The van der Waals surface area contributed by atoms with E-state index in [4.69, 9.17) is 5.11 Å². The Labute approximate surface area is 127 Å². The minimum absolute atomic E-state index is 0.0898. The van der Waals surface area contributed by atoms with E-state index in [0.29, 0.717) is 6.54 Å². The Morgan fingerprint density at radius 3 is 2.70 bits per heavy atom. The summed E-state index contributed by atoms with van der Waals surface area (Å²) in [6.07, 6.45) is 0. The molecule has 2 rings (SSSR count). The van der Waals surface area contributed by atoms with Crippen molar-refractivity contribution in [3.63, 3.8) is 0 Å². The summed E-state index contributed by atoms with van der Waals surface area (Å²) in [4.78, 5) is 0. The molecule has 0 aliphatic heterocycles. The molecule has 1 aromatic heterocycles. The first-order chi connectivity index (χ1) is 9.52. The molecular formula is C15H20BrN3O. The van der Waals surface area contributed by atoms with Gasteiger partial charge in [-0.25, -0.2) is 4.68 Å². The summed E-state index contributed by atoms with van der Waals surface area (Å²) in [6.45, 7) is 7.48. The summed E-state index contributed by atoms with van der Waals surface area (Å²) < 4.78 is 2.93. The normalized spacial score (nSPS) is 10.8. The van der Waals surface area contributed by atoms with Crippen LogP contribution in [-0.4, -0.2) is 21.5 Å². The van der Waals surface area contributed by atoms with Crippen LogP contribution in [0.25, 0.3) is 0 Å². The fraction of sp³-hybridized carbons (Fsp3) is 0.400. The number of halogens is 1. The van der Waals surface area contributed by atoms with E-state index in [1.807, 2.05) is 24.6 Å². The number of rotatable bonds is 5. The minimum Gasteiger partial charge on any atom is -0.394 e. The predicted molar refractivity (Wildman–Crippen MR) is 85.0 cm³/mol. The van der Waals surface area contributed by atoms with Crippen molar-refractivity contribution in [3.8, 4) is 0 Å². The van der Waals surface area contributed by atoms with Crippen LogP contribution in [0.3, 0.4) is 0 Å². The van der Waals surface area contributed by atoms with Gasteiger partial charge >= 0.3 is 0 Å². The number of aliphatic hydroxyl groups excluding tert-OH is 1. The van der Waals surface area contributed by atoms with Gasteiger partial charge in [0.15, 0.2) is 0 Å². The number of aryl methyl sites for hydroxylation is 2. The van der Waals surface area contributed by atoms with Gasteiger partial charge in [-0.05, 0) is 44.0 Å². The van der Waals surface area contributed by atoms with E-state index in [9.17, 15) is 0 Å². The Bertz CT molecular complexity index is 607. The molecule has 0 amide bonds. The van der Waals surface area contributed by atoms with Gasteiger partial charge in [0.25, 0.3) is 0 Å². The van der Waals surface area contributed by atoms with E-state index in [1.54, 1.807) is 0 Å². The maximum Gasteiger partial charge on any atom is 0.127 e. The summed E-state index contributed by atoms with van der Waals surface area (Å²) in [5.41, 5.74) is 4.62. The summed E-state index contributed by atoms with van der Waals surface area (Å²) >= 11 is 3.48. The zero-order valence-corrected chi connectivity index (χ0v) is 13.7. The lowest BCUT2D eigenvalue weighted by atomic mass is 10.1. The Hall–Kier alpha value is -1.33. The molecule has 1 heterocycles. The average Bonchev–Trinajstić information content (AvgIpc) is 2.65. The second-order valence-electron chi connectivity index (χ2n) is 4.93. The van der Waals surface area contributed by atoms with Crippen LogP contribution in [-0.2, 0) is 13.1 Å². The first kappa shape index (κ1) is 15.1. The third-order valence-corrected chi connectivity index (χ3v) is 3.98. The number of aliphatic hydroxyl groups is 1.